The number of hydrogen-bond donors (Lipinski definition) is 2. The van der Waals surface area contributed by atoms with E-state index in [1.807, 2.05) is 29.6 Å². The van der Waals surface area contributed by atoms with Crippen LogP contribution < -0.4 is 5.32 Å². The van der Waals surface area contributed by atoms with Gasteiger partial charge in [-0.1, -0.05) is 35.9 Å². The van der Waals surface area contributed by atoms with E-state index in [4.69, 9.17) is 11.6 Å². The highest BCUT2D eigenvalue weighted by Crippen LogP contribution is 2.17. The van der Waals surface area contributed by atoms with E-state index in [-0.39, 0.29) is 0 Å². The molecule has 2 aromatic rings. The Morgan fingerprint density at radius 2 is 2.10 bits per heavy atom. The first-order chi connectivity index (χ1) is 9.66. The fourth-order valence-electron chi connectivity index (χ4n) is 1.96. The molecule has 1 aromatic heterocycles. The molecular weight excluding hydrogens is 294 g/mol. The summed E-state index contributed by atoms with van der Waals surface area (Å²) >= 11 is 7.75. The number of carbonyl (C=O) groups is 1. The van der Waals surface area contributed by atoms with Crippen molar-refractivity contribution in [2.45, 2.75) is 18.9 Å². The maximum atomic E-state index is 11.3. The van der Waals surface area contributed by atoms with Crippen LogP contribution in [0.2, 0.25) is 5.02 Å². The Morgan fingerprint density at radius 1 is 1.30 bits per heavy atom. The molecule has 0 radical (unpaired) electrons. The fraction of sp³-hybridized carbons (Fsp3) is 0.267. The fourth-order valence-corrected chi connectivity index (χ4v) is 2.88. The van der Waals surface area contributed by atoms with Crippen molar-refractivity contribution in [1.29, 1.82) is 0 Å². The first-order valence-electron chi connectivity index (χ1n) is 6.39. The van der Waals surface area contributed by atoms with Gasteiger partial charge in [0.05, 0.1) is 0 Å². The van der Waals surface area contributed by atoms with Crippen LogP contribution in [0.5, 0.6) is 0 Å². The predicted octanol–water partition coefficient (Wildman–Crippen LogP) is 3.23. The Kier molecular flexibility index (Phi) is 5.59. The van der Waals surface area contributed by atoms with Crippen LogP contribution in [-0.2, 0) is 17.6 Å². The van der Waals surface area contributed by atoms with Gasteiger partial charge in [0.15, 0.2) is 0 Å². The average Bonchev–Trinajstić information content (AvgIpc) is 2.93. The summed E-state index contributed by atoms with van der Waals surface area (Å²) in [5.41, 5.74) is 0.852. The van der Waals surface area contributed by atoms with Gasteiger partial charge in [-0.3, -0.25) is 4.79 Å². The molecule has 0 spiro atoms. The summed E-state index contributed by atoms with van der Waals surface area (Å²) in [5, 5.41) is 15.0. The molecule has 106 valence electrons. The minimum Gasteiger partial charge on any atom is -0.480 e. The maximum Gasteiger partial charge on any atom is 0.321 e. The molecule has 0 amide bonds. The highest BCUT2D eigenvalue weighted by molar-refractivity contribution is 7.09. The van der Waals surface area contributed by atoms with Gasteiger partial charge in [0, 0.05) is 16.4 Å². The molecular formula is C15H16ClNO2S. The van der Waals surface area contributed by atoms with Crippen molar-refractivity contribution in [1.82, 2.24) is 5.32 Å². The molecule has 20 heavy (non-hydrogen) atoms. The number of nitrogens with one attached hydrogen (secondary N) is 1. The zero-order valence-corrected chi connectivity index (χ0v) is 12.5. The minimum atomic E-state index is -0.851. The van der Waals surface area contributed by atoms with Crippen LogP contribution >= 0.6 is 22.9 Å². The van der Waals surface area contributed by atoms with Gasteiger partial charge in [-0.05, 0) is 35.9 Å². The van der Waals surface area contributed by atoms with Crippen molar-refractivity contribution in [3.05, 3.63) is 57.2 Å². The number of rotatable bonds is 7. The lowest BCUT2D eigenvalue weighted by atomic mass is 10.1. The number of aliphatic carboxylic acids is 1. The number of carboxylic acids is 1. The summed E-state index contributed by atoms with van der Waals surface area (Å²) in [6, 6.07) is 10.8. The molecule has 1 atom stereocenters. The Hall–Kier alpha value is -1.36. The van der Waals surface area contributed by atoms with Crippen molar-refractivity contribution in [3.8, 4) is 0 Å². The molecule has 2 N–H and O–H groups in total. The van der Waals surface area contributed by atoms with E-state index in [1.165, 1.54) is 4.88 Å². The Morgan fingerprint density at radius 3 is 2.75 bits per heavy atom. The van der Waals surface area contributed by atoms with E-state index in [9.17, 15) is 9.90 Å². The van der Waals surface area contributed by atoms with Crippen LogP contribution in [0.25, 0.3) is 0 Å². The van der Waals surface area contributed by atoms with Crippen molar-refractivity contribution in [2.75, 3.05) is 6.54 Å². The first-order valence-corrected chi connectivity index (χ1v) is 7.64. The SMILES string of the molecule is O=C(O)[C@H](Cc1ccccc1Cl)NCCc1cccs1. The molecule has 1 heterocycles. The van der Waals surface area contributed by atoms with E-state index in [0.29, 0.717) is 18.0 Å². The zero-order chi connectivity index (χ0) is 14.4. The topological polar surface area (TPSA) is 49.3 Å². The zero-order valence-electron chi connectivity index (χ0n) is 10.9. The number of benzene rings is 1. The Bertz CT molecular complexity index is 557. The number of halogens is 1. The molecule has 0 aliphatic rings. The van der Waals surface area contributed by atoms with Crippen molar-refractivity contribution < 1.29 is 9.90 Å². The molecule has 2 rings (SSSR count). The van der Waals surface area contributed by atoms with Gasteiger partial charge < -0.3 is 10.4 Å². The van der Waals surface area contributed by atoms with E-state index < -0.39 is 12.0 Å². The molecule has 0 fully saturated rings. The van der Waals surface area contributed by atoms with Gasteiger partial charge in [-0.25, -0.2) is 0 Å². The highest BCUT2D eigenvalue weighted by Gasteiger charge is 2.18. The molecule has 5 heteroatoms. The monoisotopic (exact) mass is 309 g/mol. The lowest BCUT2D eigenvalue weighted by molar-refractivity contribution is -0.139. The highest BCUT2D eigenvalue weighted by atomic mass is 35.5. The summed E-state index contributed by atoms with van der Waals surface area (Å²) in [4.78, 5) is 12.6. The van der Waals surface area contributed by atoms with Crippen molar-refractivity contribution in [3.63, 3.8) is 0 Å². The van der Waals surface area contributed by atoms with Crippen molar-refractivity contribution >= 4 is 28.9 Å². The smallest absolute Gasteiger partial charge is 0.321 e. The summed E-state index contributed by atoms with van der Waals surface area (Å²) in [5.74, 6) is -0.851. The lowest BCUT2D eigenvalue weighted by Gasteiger charge is -2.15. The number of carboxylic acid groups (broad SMARTS) is 1. The molecule has 0 aliphatic carbocycles. The van der Waals surface area contributed by atoms with Crippen LogP contribution in [0.3, 0.4) is 0 Å². The van der Waals surface area contributed by atoms with E-state index in [1.54, 1.807) is 17.4 Å². The van der Waals surface area contributed by atoms with Crippen LogP contribution in [0.4, 0.5) is 0 Å². The minimum absolute atomic E-state index is 0.388. The van der Waals surface area contributed by atoms with Gasteiger partial charge in [-0.2, -0.15) is 0 Å². The summed E-state index contributed by atoms with van der Waals surface area (Å²) in [7, 11) is 0. The summed E-state index contributed by atoms with van der Waals surface area (Å²) in [6.07, 6.45) is 1.23. The predicted molar refractivity (Wildman–Crippen MR) is 82.6 cm³/mol. The van der Waals surface area contributed by atoms with Crippen LogP contribution in [-0.4, -0.2) is 23.7 Å². The second-order valence-electron chi connectivity index (χ2n) is 4.47. The first kappa shape index (κ1) is 15.0. The summed E-state index contributed by atoms with van der Waals surface area (Å²) in [6.45, 7) is 0.641. The third kappa shape index (κ3) is 4.34. The molecule has 3 nitrogen and oxygen atoms in total. The van der Waals surface area contributed by atoms with Crippen LogP contribution in [0.15, 0.2) is 41.8 Å². The van der Waals surface area contributed by atoms with E-state index in [0.717, 1.165) is 12.0 Å². The maximum absolute atomic E-state index is 11.3. The third-order valence-corrected chi connectivity index (χ3v) is 4.33. The van der Waals surface area contributed by atoms with Crippen LogP contribution in [0, 0.1) is 0 Å². The van der Waals surface area contributed by atoms with E-state index >= 15 is 0 Å². The normalized spacial score (nSPS) is 12.2. The Labute approximate surface area is 127 Å². The van der Waals surface area contributed by atoms with Gasteiger partial charge in [0.25, 0.3) is 0 Å². The third-order valence-electron chi connectivity index (χ3n) is 3.02. The standard InChI is InChI=1S/C15H16ClNO2S/c16-13-6-2-1-4-11(13)10-14(15(18)19)17-8-7-12-5-3-9-20-12/h1-6,9,14,17H,7-8,10H2,(H,18,19)/t14-/m0/s1. The number of thiophene rings is 1. The lowest BCUT2D eigenvalue weighted by Crippen LogP contribution is -2.39. The van der Waals surface area contributed by atoms with Crippen LogP contribution in [0.1, 0.15) is 10.4 Å². The molecule has 0 saturated heterocycles. The second kappa shape index (κ2) is 7.43. The second-order valence-corrected chi connectivity index (χ2v) is 5.91. The Balaban J connectivity index is 1.90. The molecule has 0 bridgehead atoms. The molecule has 0 aliphatic heterocycles. The largest absolute Gasteiger partial charge is 0.480 e. The van der Waals surface area contributed by atoms with Gasteiger partial charge in [0.2, 0.25) is 0 Å². The van der Waals surface area contributed by atoms with Gasteiger partial charge >= 0.3 is 5.97 Å². The molecule has 0 saturated carbocycles. The van der Waals surface area contributed by atoms with E-state index in [2.05, 4.69) is 11.4 Å². The van der Waals surface area contributed by atoms with Crippen molar-refractivity contribution in [2.24, 2.45) is 0 Å². The average molecular weight is 310 g/mol. The van der Waals surface area contributed by atoms with Gasteiger partial charge in [-0.15, -0.1) is 11.3 Å². The number of hydrogen-bond acceptors (Lipinski definition) is 3. The molecule has 0 unspecified atom stereocenters. The quantitative estimate of drug-likeness (QED) is 0.825. The van der Waals surface area contributed by atoms with Gasteiger partial charge in [0.1, 0.15) is 6.04 Å². The summed E-state index contributed by atoms with van der Waals surface area (Å²) < 4.78 is 0. The molecule has 1 aromatic carbocycles.